The van der Waals surface area contributed by atoms with Crippen molar-refractivity contribution in [2.45, 2.75) is 44.9 Å². The molecule has 0 bridgehead atoms. The van der Waals surface area contributed by atoms with Gasteiger partial charge < -0.3 is 30.4 Å². The molecular formula is C31H30Cl2F2N8O5. The summed E-state index contributed by atoms with van der Waals surface area (Å²) in [6, 6.07) is 2.87. The van der Waals surface area contributed by atoms with Gasteiger partial charge in [0.2, 0.25) is 11.9 Å². The Labute approximate surface area is 281 Å². The Morgan fingerprint density at radius 1 is 1.12 bits per heavy atom. The Morgan fingerprint density at radius 3 is 2.58 bits per heavy atom. The van der Waals surface area contributed by atoms with Crippen molar-refractivity contribution < 1.29 is 28.2 Å². The third kappa shape index (κ3) is 5.44. The van der Waals surface area contributed by atoms with Gasteiger partial charge in [0, 0.05) is 62.0 Å². The van der Waals surface area contributed by atoms with Gasteiger partial charge in [-0.1, -0.05) is 23.2 Å². The van der Waals surface area contributed by atoms with Crippen LogP contribution in [0, 0.1) is 11.8 Å². The number of amides is 2. The van der Waals surface area contributed by atoms with Gasteiger partial charge in [-0.3, -0.25) is 23.9 Å². The van der Waals surface area contributed by atoms with E-state index in [1.54, 1.807) is 0 Å². The second kappa shape index (κ2) is 12.3. The molecule has 3 aliphatic heterocycles. The van der Waals surface area contributed by atoms with Crippen molar-refractivity contribution in [3.8, 4) is 16.9 Å². The highest BCUT2D eigenvalue weighted by Gasteiger charge is 2.33. The second-order valence-corrected chi connectivity index (χ2v) is 12.9. The van der Waals surface area contributed by atoms with E-state index in [0.717, 1.165) is 19.2 Å². The van der Waals surface area contributed by atoms with Crippen LogP contribution in [0.15, 0.2) is 23.1 Å². The second-order valence-electron chi connectivity index (χ2n) is 12.2. The van der Waals surface area contributed by atoms with Crippen LogP contribution in [-0.4, -0.2) is 85.9 Å². The maximum absolute atomic E-state index is 15.5. The Bertz CT molecular complexity index is 2070. The maximum atomic E-state index is 15.5. The topological polar surface area (TPSA) is 161 Å². The number of aromatic hydroxyl groups is 1. The number of piperazine rings is 1. The summed E-state index contributed by atoms with van der Waals surface area (Å²) in [6.07, 6.45) is 2.51. The number of nitrogens with zero attached hydrogens (tertiary/aromatic N) is 6. The van der Waals surface area contributed by atoms with Gasteiger partial charge in [0.25, 0.3) is 11.5 Å². The van der Waals surface area contributed by atoms with Crippen LogP contribution in [0.4, 0.5) is 20.3 Å². The molecule has 2 amide bonds. The number of nitrogens with one attached hydrogen (secondary N) is 1. The van der Waals surface area contributed by atoms with Gasteiger partial charge in [-0.05, 0) is 19.4 Å². The van der Waals surface area contributed by atoms with Gasteiger partial charge in [0.1, 0.15) is 39.6 Å². The minimum absolute atomic E-state index is 0.000689. The largest absolute Gasteiger partial charge is 0.505 e. The van der Waals surface area contributed by atoms with E-state index in [2.05, 4.69) is 20.2 Å². The van der Waals surface area contributed by atoms with Gasteiger partial charge in [0.05, 0.1) is 35.9 Å². The number of aryl methyl sites for hydroxylation is 1. The van der Waals surface area contributed by atoms with E-state index >= 15 is 8.78 Å². The summed E-state index contributed by atoms with van der Waals surface area (Å²) in [6.45, 7) is 5.39. The van der Waals surface area contributed by atoms with Crippen LogP contribution < -0.4 is 21.5 Å². The molecule has 7 rings (SSSR count). The highest BCUT2D eigenvalue weighted by atomic mass is 35.5. The number of primary amides is 1. The average molecular weight is 704 g/mol. The normalized spacial score (nSPS) is 18.3. The molecule has 2 saturated heterocycles. The first-order chi connectivity index (χ1) is 22.9. The standard InChI is InChI=1S/C31H30Cl2F2N8O5/c1-14-9-40(15-12-48-13-15)5-6-42(14)21-8-19(24(32)28(35)38-21)37-22(44)11-41-10-18(16-7-17(29(36)46)27(45)25(33)26(16)34)23-30(41)39-20-3-2-4-43(20)31(23)47/h7-8,10,14-15,45H,2-6,9,11-13H2,1H3,(H2,36,46)(H,37,38,44)/t14-/m0/s1. The molecule has 3 aliphatic rings. The highest BCUT2D eigenvalue weighted by molar-refractivity contribution is 6.34. The van der Waals surface area contributed by atoms with Gasteiger partial charge in [-0.25, -0.2) is 14.4 Å². The summed E-state index contributed by atoms with van der Waals surface area (Å²) in [4.78, 5) is 52.2. The molecule has 0 unspecified atom stereocenters. The lowest BCUT2D eigenvalue weighted by Gasteiger charge is -2.46. The Balaban J connectivity index is 1.23. The molecule has 0 spiro atoms. The van der Waals surface area contributed by atoms with Gasteiger partial charge >= 0.3 is 0 Å². The molecule has 0 aliphatic carbocycles. The van der Waals surface area contributed by atoms with Crippen LogP contribution in [0.25, 0.3) is 22.2 Å². The first-order valence-electron chi connectivity index (χ1n) is 15.3. The molecule has 1 atom stereocenters. The maximum Gasteiger partial charge on any atom is 0.263 e. The zero-order valence-electron chi connectivity index (χ0n) is 25.6. The molecule has 17 heteroatoms. The predicted molar refractivity (Wildman–Crippen MR) is 174 cm³/mol. The Hall–Kier alpha value is -4.31. The summed E-state index contributed by atoms with van der Waals surface area (Å²) in [5.41, 5.74) is 4.22. The first-order valence-corrected chi connectivity index (χ1v) is 16.1. The lowest BCUT2D eigenvalue weighted by molar-refractivity contribution is -0.116. The van der Waals surface area contributed by atoms with Crippen molar-refractivity contribution in [1.29, 1.82) is 0 Å². The zero-order valence-corrected chi connectivity index (χ0v) is 27.1. The molecule has 13 nitrogen and oxygen atoms in total. The van der Waals surface area contributed by atoms with Gasteiger partial charge in [0.15, 0.2) is 5.82 Å². The fourth-order valence-electron chi connectivity index (χ4n) is 6.61. The minimum Gasteiger partial charge on any atom is -0.505 e. The summed E-state index contributed by atoms with van der Waals surface area (Å²) in [5.74, 6) is -3.81. The lowest BCUT2D eigenvalue weighted by Crippen LogP contribution is -2.59. The number of carbonyl (C=O) groups is 2. The molecular weight excluding hydrogens is 673 g/mol. The third-order valence-corrected chi connectivity index (χ3v) is 9.86. The molecule has 4 aromatic rings. The zero-order chi connectivity index (χ0) is 34.0. The van der Waals surface area contributed by atoms with Crippen molar-refractivity contribution in [3.05, 3.63) is 61.9 Å². The molecule has 252 valence electrons. The number of fused-ring (bicyclic) bond motifs is 2. The van der Waals surface area contributed by atoms with E-state index in [9.17, 15) is 19.5 Å². The number of rotatable bonds is 7. The van der Waals surface area contributed by atoms with Crippen LogP contribution in [-0.2, 0) is 29.0 Å². The number of pyridine rings is 1. The Kier molecular flexibility index (Phi) is 8.26. The summed E-state index contributed by atoms with van der Waals surface area (Å²) >= 11 is 12.3. The van der Waals surface area contributed by atoms with Crippen molar-refractivity contribution in [1.82, 2.24) is 24.0 Å². The molecule has 3 aromatic heterocycles. The molecule has 2 fully saturated rings. The lowest BCUT2D eigenvalue weighted by atomic mass is 10.0. The summed E-state index contributed by atoms with van der Waals surface area (Å²) in [5, 5.41) is 11.7. The number of halogens is 4. The van der Waals surface area contributed by atoms with Crippen LogP contribution in [0.3, 0.4) is 0 Å². The van der Waals surface area contributed by atoms with Crippen molar-refractivity contribution in [3.63, 3.8) is 0 Å². The van der Waals surface area contributed by atoms with E-state index in [1.807, 2.05) is 11.8 Å². The van der Waals surface area contributed by atoms with E-state index in [1.165, 1.54) is 21.4 Å². The quantitative estimate of drug-likeness (QED) is 0.246. The fraction of sp³-hybridized carbons (Fsp3) is 0.387. The minimum atomic E-state index is -1.10. The number of nitrogens with two attached hydrogens (primary N) is 1. The van der Waals surface area contributed by atoms with Crippen LogP contribution in [0.2, 0.25) is 10.0 Å². The number of anilines is 2. The number of hydrogen-bond donors (Lipinski definition) is 3. The predicted octanol–water partition coefficient (Wildman–Crippen LogP) is 3.14. The molecule has 48 heavy (non-hydrogen) atoms. The van der Waals surface area contributed by atoms with Crippen molar-refractivity contribution in [2.24, 2.45) is 5.73 Å². The number of carbonyl (C=O) groups excluding carboxylic acids is 2. The van der Waals surface area contributed by atoms with E-state index < -0.39 is 52.0 Å². The highest BCUT2D eigenvalue weighted by Crippen LogP contribution is 2.39. The van der Waals surface area contributed by atoms with E-state index in [-0.39, 0.29) is 38.9 Å². The summed E-state index contributed by atoms with van der Waals surface area (Å²) < 4.78 is 38.7. The molecule has 1 aromatic carbocycles. The van der Waals surface area contributed by atoms with Crippen LogP contribution in [0.5, 0.6) is 5.75 Å². The number of phenols is 1. The fourth-order valence-corrected chi connectivity index (χ4v) is 6.96. The Morgan fingerprint density at radius 2 is 1.90 bits per heavy atom. The van der Waals surface area contributed by atoms with Gasteiger partial charge in [-0.15, -0.1) is 0 Å². The van der Waals surface area contributed by atoms with Crippen LogP contribution >= 0.6 is 23.2 Å². The summed E-state index contributed by atoms with van der Waals surface area (Å²) in [7, 11) is 0. The number of benzene rings is 1. The van der Waals surface area contributed by atoms with Gasteiger partial charge in [-0.2, -0.15) is 4.39 Å². The molecule has 6 heterocycles. The number of hydrogen-bond acceptors (Lipinski definition) is 9. The van der Waals surface area contributed by atoms with Crippen molar-refractivity contribution in [2.75, 3.05) is 43.1 Å². The smallest absolute Gasteiger partial charge is 0.263 e. The average Bonchev–Trinajstić information content (AvgIpc) is 3.63. The van der Waals surface area contributed by atoms with Crippen molar-refractivity contribution >= 4 is 57.6 Å². The van der Waals surface area contributed by atoms with E-state index in [0.29, 0.717) is 56.8 Å². The number of ether oxygens (including phenoxy) is 1. The van der Waals surface area contributed by atoms with Crippen LogP contribution in [0.1, 0.15) is 29.5 Å². The van der Waals surface area contributed by atoms with E-state index in [4.69, 9.17) is 33.7 Å². The molecule has 0 radical (unpaired) electrons. The SMILES string of the molecule is C[C@H]1CN(C2COC2)CCN1c1cc(NC(=O)Cn2cc(-c3cc(C(N)=O)c(O)c(Cl)c3F)c3c(=O)n4c(nc32)CCC4)c(Cl)c(F)n1. The molecule has 0 saturated carbocycles. The third-order valence-electron chi connectivity index (χ3n) is 9.16. The molecule has 4 N–H and O–H groups in total. The monoisotopic (exact) mass is 702 g/mol. The number of aromatic nitrogens is 4. The first kappa shape index (κ1) is 32.2.